The van der Waals surface area contributed by atoms with Crippen LogP contribution in [0.4, 0.5) is 0 Å². The Kier molecular flexibility index (Phi) is 7.54. The zero-order valence-electron chi connectivity index (χ0n) is 15.4. The normalized spacial score (nSPS) is 16.2. The highest BCUT2D eigenvalue weighted by Crippen LogP contribution is 2.12. The summed E-state index contributed by atoms with van der Waals surface area (Å²) in [5.74, 6) is 0. The molecule has 2 heteroatoms. The van der Waals surface area contributed by atoms with Crippen LogP contribution in [0.15, 0.2) is 60.7 Å². The van der Waals surface area contributed by atoms with E-state index in [-0.39, 0.29) is 0 Å². The SMILES string of the molecule is c1ccc(CCCCNC2CCN(CCc3ccccc3)CC2)cc1. The van der Waals surface area contributed by atoms with Gasteiger partial charge in [-0.2, -0.15) is 0 Å². The van der Waals surface area contributed by atoms with E-state index in [0.717, 1.165) is 6.04 Å². The fourth-order valence-corrected chi connectivity index (χ4v) is 3.70. The average Bonchev–Trinajstić information content (AvgIpc) is 2.69. The lowest BCUT2D eigenvalue weighted by atomic mass is 10.0. The maximum absolute atomic E-state index is 3.78. The van der Waals surface area contributed by atoms with Crippen molar-refractivity contribution in [3.05, 3.63) is 71.8 Å². The molecule has 1 aliphatic heterocycles. The summed E-state index contributed by atoms with van der Waals surface area (Å²) in [6.45, 7) is 4.86. The Morgan fingerprint density at radius 2 is 1.36 bits per heavy atom. The summed E-state index contributed by atoms with van der Waals surface area (Å²) in [7, 11) is 0. The third-order valence-electron chi connectivity index (χ3n) is 5.32. The molecule has 0 unspecified atom stereocenters. The van der Waals surface area contributed by atoms with Crippen molar-refractivity contribution in [2.75, 3.05) is 26.2 Å². The first-order valence-electron chi connectivity index (χ1n) is 9.94. The third-order valence-corrected chi connectivity index (χ3v) is 5.32. The minimum Gasteiger partial charge on any atom is -0.314 e. The second-order valence-corrected chi connectivity index (χ2v) is 7.25. The number of nitrogens with one attached hydrogen (secondary N) is 1. The molecule has 0 saturated carbocycles. The second kappa shape index (κ2) is 10.4. The summed E-state index contributed by atoms with van der Waals surface area (Å²) in [5.41, 5.74) is 2.93. The molecule has 2 aromatic carbocycles. The lowest BCUT2D eigenvalue weighted by molar-refractivity contribution is 0.199. The van der Waals surface area contributed by atoms with E-state index in [1.165, 1.54) is 75.8 Å². The lowest BCUT2D eigenvalue weighted by Gasteiger charge is -2.32. The molecule has 0 amide bonds. The molecule has 0 spiro atoms. The molecule has 1 saturated heterocycles. The van der Waals surface area contributed by atoms with Crippen molar-refractivity contribution in [3.63, 3.8) is 0 Å². The molecule has 25 heavy (non-hydrogen) atoms. The number of benzene rings is 2. The molecular formula is C23H32N2. The summed E-state index contributed by atoms with van der Waals surface area (Å²) in [5, 5.41) is 3.78. The minimum absolute atomic E-state index is 0.727. The highest BCUT2D eigenvalue weighted by molar-refractivity contribution is 5.15. The number of aryl methyl sites for hydroxylation is 1. The first-order valence-corrected chi connectivity index (χ1v) is 9.94. The molecule has 0 bridgehead atoms. The van der Waals surface area contributed by atoms with Crippen LogP contribution in [0.3, 0.4) is 0 Å². The molecule has 134 valence electrons. The van der Waals surface area contributed by atoms with Crippen molar-refractivity contribution in [3.8, 4) is 0 Å². The Morgan fingerprint density at radius 1 is 0.760 bits per heavy atom. The predicted octanol–water partition coefficient (Wildman–Crippen LogP) is 4.31. The number of hydrogen-bond donors (Lipinski definition) is 1. The number of hydrogen-bond acceptors (Lipinski definition) is 2. The zero-order chi connectivity index (χ0) is 17.2. The van der Waals surface area contributed by atoms with Gasteiger partial charge < -0.3 is 10.2 Å². The number of likely N-dealkylation sites (tertiary alicyclic amines) is 1. The van der Waals surface area contributed by atoms with Crippen LogP contribution >= 0.6 is 0 Å². The highest BCUT2D eigenvalue weighted by Gasteiger charge is 2.18. The minimum atomic E-state index is 0.727. The Hall–Kier alpha value is -1.64. The first kappa shape index (κ1) is 18.2. The summed E-state index contributed by atoms with van der Waals surface area (Å²) in [6.07, 6.45) is 7.55. The van der Waals surface area contributed by atoms with Gasteiger partial charge in [0.1, 0.15) is 0 Å². The maximum Gasteiger partial charge on any atom is 0.00914 e. The van der Waals surface area contributed by atoms with Crippen molar-refractivity contribution in [1.82, 2.24) is 10.2 Å². The highest BCUT2D eigenvalue weighted by atomic mass is 15.1. The van der Waals surface area contributed by atoms with Crippen LogP contribution in [0.1, 0.15) is 36.8 Å². The van der Waals surface area contributed by atoms with Gasteiger partial charge in [0.05, 0.1) is 0 Å². The van der Waals surface area contributed by atoms with Gasteiger partial charge in [0.25, 0.3) is 0 Å². The van der Waals surface area contributed by atoms with Gasteiger partial charge in [-0.25, -0.2) is 0 Å². The van der Waals surface area contributed by atoms with Gasteiger partial charge in [0.15, 0.2) is 0 Å². The number of nitrogens with zero attached hydrogens (tertiary/aromatic N) is 1. The van der Waals surface area contributed by atoms with Gasteiger partial charge in [-0.3, -0.25) is 0 Å². The van der Waals surface area contributed by atoms with Crippen molar-refractivity contribution in [2.24, 2.45) is 0 Å². The molecule has 1 N–H and O–H groups in total. The van der Waals surface area contributed by atoms with E-state index < -0.39 is 0 Å². The standard InChI is InChI=1S/C23H32N2/c1-3-9-21(10-4-1)13-7-8-17-24-23-15-19-25(20-16-23)18-14-22-11-5-2-6-12-22/h1-6,9-12,23-24H,7-8,13-20H2. The zero-order valence-corrected chi connectivity index (χ0v) is 15.4. The Bertz CT molecular complexity index is 571. The second-order valence-electron chi connectivity index (χ2n) is 7.25. The summed E-state index contributed by atoms with van der Waals surface area (Å²) in [4.78, 5) is 2.63. The van der Waals surface area contributed by atoms with E-state index in [4.69, 9.17) is 0 Å². The third kappa shape index (κ3) is 6.64. The molecule has 1 fully saturated rings. The molecule has 0 radical (unpaired) electrons. The largest absolute Gasteiger partial charge is 0.314 e. The van der Waals surface area contributed by atoms with E-state index in [0.29, 0.717) is 0 Å². The molecule has 2 aromatic rings. The lowest BCUT2D eigenvalue weighted by Crippen LogP contribution is -2.43. The van der Waals surface area contributed by atoms with Gasteiger partial charge in [-0.1, -0.05) is 60.7 Å². The summed E-state index contributed by atoms with van der Waals surface area (Å²) < 4.78 is 0. The van der Waals surface area contributed by atoms with Crippen molar-refractivity contribution < 1.29 is 0 Å². The molecular weight excluding hydrogens is 304 g/mol. The molecule has 2 nitrogen and oxygen atoms in total. The van der Waals surface area contributed by atoms with Crippen molar-refractivity contribution in [2.45, 2.75) is 44.6 Å². The average molecular weight is 337 g/mol. The number of piperidine rings is 1. The molecule has 0 aliphatic carbocycles. The monoisotopic (exact) mass is 336 g/mol. The number of unbranched alkanes of at least 4 members (excludes halogenated alkanes) is 1. The summed E-state index contributed by atoms with van der Waals surface area (Å²) in [6, 6.07) is 22.4. The van der Waals surface area contributed by atoms with E-state index in [1.807, 2.05) is 0 Å². The molecule has 0 aromatic heterocycles. The quantitative estimate of drug-likeness (QED) is 0.687. The van der Waals surface area contributed by atoms with Crippen LogP contribution in [-0.4, -0.2) is 37.1 Å². The Balaban J connectivity index is 1.23. The van der Waals surface area contributed by atoms with Crippen LogP contribution in [0.2, 0.25) is 0 Å². The van der Waals surface area contributed by atoms with E-state index in [2.05, 4.69) is 70.9 Å². The van der Waals surface area contributed by atoms with Gasteiger partial charge in [0.2, 0.25) is 0 Å². The van der Waals surface area contributed by atoms with Crippen LogP contribution in [-0.2, 0) is 12.8 Å². The van der Waals surface area contributed by atoms with Crippen LogP contribution < -0.4 is 5.32 Å². The van der Waals surface area contributed by atoms with Crippen molar-refractivity contribution in [1.29, 1.82) is 0 Å². The topological polar surface area (TPSA) is 15.3 Å². The molecule has 1 heterocycles. The van der Waals surface area contributed by atoms with Gasteiger partial charge in [-0.05, 0) is 69.3 Å². The molecule has 3 rings (SSSR count). The van der Waals surface area contributed by atoms with Crippen LogP contribution in [0.5, 0.6) is 0 Å². The smallest absolute Gasteiger partial charge is 0.00914 e. The van der Waals surface area contributed by atoms with Gasteiger partial charge >= 0.3 is 0 Å². The van der Waals surface area contributed by atoms with E-state index in [9.17, 15) is 0 Å². The van der Waals surface area contributed by atoms with Crippen LogP contribution in [0.25, 0.3) is 0 Å². The van der Waals surface area contributed by atoms with E-state index in [1.54, 1.807) is 0 Å². The fraction of sp³-hybridized carbons (Fsp3) is 0.478. The van der Waals surface area contributed by atoms with Gasteiger partial charge in [-0.15, -0.1) is 0 Å². The first-order chi connectivity index (χ1) is 12.4. The molecule has 0 atom stereocenters. The molecule has 1 aliphatic rings. The number of rotatable bonds is 9. The Labute approximate surface area is 153 Å². The summed E-state index contributed by atoms with van der Waals surface area (Å²) >= 11 is 0. The predicted molar refractivity (Wildman–Crippen MR) is 107 cm³/mol. The maximum atomic E-state index is 3.78. The van der Waals surface area contributed by atoms with Gasteiger partial charge in [0, 0.05) is 12.6 Å². The van der Waals surface area contributed by atoms with Crippen LogP contribution in [0, 0.1) is 0 Å². The van der Waals surface area contributed by atoms with Crippen molar-refractivity contribution >= 4 is 0 Å². The van der Waals surface area contributed by atoms with E-state index >= 15 is 0 Å². The Morgan fingerprint density at radius 3 is 2.00 bits per heavy atom. The fourth-order valence-electron chi connectivity index (χ4n) is 3.70.